The maximum Gasteiger partial charge on any atom is 0.230 e. The van der Waals surface area contributed by atoms with Crippen molar-refractivity contribution in [3.05, 3.63) is 88.3 Å². The number of amidine groups is 2. The average Bonchev–Trinajstić information content (AvgIpc) is 3.34. The standard InChI is InChI=1S/C29H34N6OS2/c1-20(37-28(31-3)32-25(30-2)17-21-10-6-4-7-11-21)14-23-15-24(16-23)19-27-34-35-29(38-27)33-26(36)18-22-12-8-5-9-13-22/h4-13,23-24H,1,14-19H2,2-3H3,(H,30,31,32)(H,33,35,36). The van der Waals surface area contributed by atoms with Crippen molar-refractivity contribution >= 4 is 45.1 Å². The van der Waals surface area contributed by atoms with Gasteiger partial charge >= 0.3 is 0 Å². The van der Waals surface area contributed by atoms with E-state index < -0.39 is 0 Å². The number of benzene rings is 2. The molecule has 1 fully saturated rings. The zero-order valence-electron chi connectivity index (χ0n) is 21.9. The number of nitrogens with one attached hydrogen (secondary N) is 2. The highest BCUT2D eigenvalue weighted by atomic mass is 32.2. The summed E-state index contributed by atoms with van der Waals surface area (Å²) in [6.07, 6.45) is 5.24. The third kappa shape index (κ3) is 8.63. The van der Waals surface area contributed by atoms with Gasteiger partial charge in [-0.2, -0.15) is 0 Å². The van der Waals surface area contributed by atoms with Crippen LogP contribution in [0.3, 0.4) is 0 Å². The van der Waals surface area contributed by atoms with Crippen molar-refractivity contribution in [3.8, 4) is 0 Å². The van der Waals surface area contributed by atoms with Gasteiger partial charge in [0.1, 0.15) is 10.8 Å². The van der Waals surface area contributed by atoms with Crippen LogP contribution in [0.15, 0.2) is 82.1 Å². The van der Waals surface area contributed by atoms with Gasteiger partial charge in [-0.25, -0.2) is 0 Å². The number of hydrogen-bond donors (Lipinski definition) is 2. The Labute approximate surface area is 233 Å². The van der Waals surface area contributed by atoms with Gasteiger partial charge in [0.25, 0.3) is 0 Å². The lowest BCUT2D eigenvalue weighted by Crippen LogP contribution is -2.30. The van der Waals surface area contributed by atoms with Gasteiger partial charge < -0.3 is 10.6 Å². The van der Waals surface area contributed by atoms with Crippen molar-refractivity contribution in [1.29, 1.82) is 0 Å². The summed E-state index contributed by atoms with van der Waals surface area (Å²) in [5.74, 6) is 2.04. The number of carbonyl (C=O) groups is 1. The van der Waals surface area contributed by atoms with E-state index in [-0.39, 0.29) is 5.91 Å². The van der Waals surface area contributed by atoms with Crippen LogP contribution in [0.5, 0.6) is 0 Å². The van der Waals surface area contributed by atoms with Gasteiger partial charge in [0, 0.05) is 26.9 Å². The van der Waals surface area contributed by atoms with Crippen LogP contribution < -0.4 is 10.6 Å². The lowest BCUT2D eigenvalue weighted by molar-refractivity contribution is -0.115. The van der Waals surface area contributed by atoms with E-state index in [4.69, 9.17) is 0 Å². The van der Waals surface area contributed by atoms with Gasteiger partial charge in [-0.3, -0.25) is 14.8 Å². The Morgan fingerprint density at radius 3 is 2.26 bits per heavy atom. The molecule has 1 aliphatic rings. The minimum Gasteiger partial charge on any atom is -0.323 e. The molecule has 0 saturated heterocycles. The molecule has 9 heteroatoms. The fraction of sp³-hybridized carbons (Fsp3) is 0.345. The molecule has 1 aromatic heterocycles. The number of aromatic nitrogens is 2. The molecule has 0 spiro atoms. The second-order valence-electron chi connectivity index (χ2n) is 9.45. The van der Waals surface area contributed by atoms with Gasteiger partial charge in [-0.1, -0.05) is 90.3 Å². The van der Waals surface area contributed by atoms with Crippen LogP contribution >= 0.6 is 23.1 Å². The summed E-state index contributed by atoms with van der Waals surface area (Å²) in [5, 5.41) is 17.1. The Kier molecular flexibility index (Phi) is 10.2. The maximum absolute atomic E-state index is 12.3. The van der Waals surface area contributed by atoms with E-state index in [1.807, 2.05) is 48.5 Å². The number of hydrogen-bond acceptors (Lipinski definition) is 7. The molecule has 198 valence electrons. The molecule has 0 unspecified atom stereocenters. The first-order valence-electron chi connectivity index (χ1n) is 12.8. The smallest absolute Gasteiger partial charge is 0.230 e. The predicted molar refractivity (Wildman–Crippen MR) is 160 cm³/mol. The Balaban J connectivity index is 1.15. The number of rotatable bonds is 10. The van der Waals surface area contributed by atoms with Crippen molar-refractivity contribution in [2.24, 2.45) is 21.8 Å². The topological polar surface area (TPSA) is 91.6 Å². The number of amides is 1. The zero-order chi connectivity index (χ0) is 26.7. The van der Waals surface area contributed by atoms with Crippen molar-refractivity contribution in [2.45, 2.75) is 38.5 Å². The van der Waals surface area contributed by atoms with Gasteiger partial charge in [0.2, 0.25) is 11.0 Å². The first kappa shape index (κ1) is 27.7. The van der Waals surface area contributed by atoms with E-state index in [1.165, 1.54) is 16.9 Å². The van der Waals surface area contributed by atoms with Gasteiger partial charge in [-0.05, 0) is 47.1 Å². The van der Waals surface area contributed by atoms with Gasteiger partial charge in [0.05, 0.1) is 6.42 Å². The second-order valence-corrected chi connectivity index (χ2v) is 11.7. The summed E-state index contributed by atoms with van der Waals surface area (Å²) in [7, 11) is 3.59. The third-order valence-electron chi connectivity index (χ3n) is 6.41. The third-order valence-corrected chi connectivity index (χ3v) is 8.21. The molecule has 1 aliphatic carbocycles. The Bertz CT molecular complexity index is 1270. The van der Waals surface area contributed by atoms with E-state index in [1.54, 1.807) is 25.9 Å². The second kappa shape index (κ2) is 14.0. The van der Waals surface area contributed by atoms with E-state index >= 15 is 0 Å². The maximum atomic E-state index is 12.3. The number of aliphatic imine (C=N–C) groups is 2. The van der Waals surface area contributed by atoms with Crippen molar-refractivity contribution in [2.75, 3.05) is 19.4 Å². The van der Waals surface area contributed by atoms with Crippen molar-refractivity contribution < 1.29 is 4.79 Å². The zero-order valence-corrected chi connectivity index (χ0v) is 23.5. The molecule has 3 aromatic rings. The molecule has 2 N–H and O–H groups in total. The van der Waals surface area contributed by atoms with Crippen LogP contribution in [0, 0.1) is 11.8 Å². The van der Waals surface area contributed by atoms with E-state index in [0.717, 1.165) is 58.6 Å². The number of carbonyl (C=O) groups excluding carboxylic acids is 1. The number of allylic oxidation sites excluding steroid dienone is 1. The average molecular weight is 547 g/mol. The lowest BCUT2D eigenvalue weighted by Gasteiger charge is -2.35. The fourth-order valence-electron chi connectivity index (χ4n) is 4.50. The monoisotopic (exact) mass is 546 g/mol. The minimum atomic E-state index is -0.0690. The Hall–Kier alpha value is -3.30. The van der Waals surface area contributed by atoms with E-state index in [9.17, 15) is 4.79 Å². The molecule has 1 saturated carbocycles. The summed E-state index contributed by atoms with van der Waals surface area (Å²) >= 11 is 3.07. The SMILES string of the molecule is C=C(CC1CC(Cc2nnc(NC(=O)Cc3ccccc3)s2)C1)SC(=NC)NC(Cc1ccccc1)=NC. The van der Waals surface area contributed by atoms with Crippen LogP contribution in [0.1, 0.15) is 35.4 Å². The molecule has 0 aliphatic heterocycles. The highest BCUT2D eigenvalue weighted by Crippen LogP contribution is 2.41. The number of anilines is 1. The molecule has 0 bridgehead atoms. The quantitative estimate of drug-likeness (QED) is 0.249. The molecule has 4 rings (SSSR count). The van der Waals surface area contributed by atoms with E-state index in [0.29, 0.717) is 23.4 Å². The summed E-state index contributed by atoms with van der Waals surface area (Å²) in [5.41, 5.74) is 2.19. The molecule has 1 amide bonds. The van der Waals surface area contributed by atoms with Gasteiger partial charge in [0.15, 0.2) is 5.17 Å². The number of thioether (sulfide) groups is 1. The summed E-state index contributed by atoms with van der Waals surface area (Å²) in [4.78, 5) is 22.2. The Morgan fingerprint density at radius 1 is 0.974 bits per heavy atom. The molecule has 1 heterocycles. The first-order chi connectivity index (χ1) is 18.5. The molecular formula is C29H34N6OS2. The summed E-state index contributed by atoms with van der Waals surface area (Å²) in [6.45, 7) is 4.29. The highest BCUT2D eigenvalue weighted by Gasteiger charge is 2.30. The minimum absolute atomic E-state index is 0.0690. The predicted octanol–water partition coefficient (Wildman–Crippen LogP) is 5.77. The van der Waals surface area contributed by atoms with Crippen LogP contribution in [0.25, 0.3) is 0 Å². The number of nitrogens with zero attached hydrogens (tertiary/aromatic N) is 4. The Morgan fingerprint density at radius 2 is 1.63 bits per heavy atom. The summed E-state index contributed by atoms with van der Waals surface area (Å²) in [6, 6.07) is 20.0. The molecule has 0 atom stereocenters. The molecule has 0 radical (unpaired) electrons. The van der Waals surface area contributed by atoms with Gasteiger partial charge in [-0.15, -0.1) is 10.2 Å². The van der Waals surface area contributed by atoms with Crippen molar-refractivity contribution in [1.82, 2.24) is 15.5 Å². The van der Waals surface area contributed by atoms with Crippen LogP contribution in [0.4, 0.5) is 5.13 Å². The normalized spacial score (nSPS) is 17.5. The first-order valence-corrected chi connectivity index (χ1v) is 14.4. The molecule has 2 aromatic carbocycles. The van der Waals surface area contributed by atoms with E-state index in [2.05, 4.69) is 49.5 Å². The molecular weight excluding hydrogens is 512 g/mol. The molecule has 38 heavy (non-hydrogen) atoms. The van der Waals surface area contributed by atoms with Crippen LogP contribution in [-0.4, -0.2) is 41.2 Å². The highest BCUT2D eigenvalue weighted by molar-refractivity contribution is 8.17. The fourth-order valence-corrected chi connectivity index (χ4v) is 6.23. The van der Waals surface area contributed by atoms with Crippen LogP contribution in [-0.2, 0) is 24.1 Å². The van der Waals surface area contributed by atoms with Crippen molar-refractivity contribution in [3.63, 3.8) is 0 Å². The van der Waals surface area contributed by atoms with Crippen LogP contribution in [0.2, 0.25) is 0 Å². The largest absolute Gasteiger partial charge is 0.323 e. The molecule has 7 nitrogen and oxygen atoms in total. The summed E-state index contributed by atoms with van der Waals surface area (Å²) < 4.78 is 0. The lowest BCUT2D eigenvalue weighted by atomic mass is 9.72.